The molecule has 1 aromatic carbocycles. The van der Waals surface area contributed by atoms with E-state index in [0.717, 1.165) is 12.5 Å². The minimum Gasteiger partial charge on any atom is -0.480 e. The molecule has 0 spiro atoms. The highest BCUT2D eigenvalue weighted by atomic mass is 19.1. The van der Waals surface area contributed by atoms with Gasteiger partial charge in [-0.15, -0.1) is 0 Å². The van der Waals surface area contributed by atoms with Crippen LogP contribution in [0.25, 0.3) is 0 Å². The van der Waals surface area contributed by atoms with Gasteiger partial charge in [0.15, 0.2) is 0 Å². The van der Waals surface area contributed by atoms with E-state index in [-0.39, 0.29) is 12.1 Å². The number of carboxylic acids is 1. The first kappa shape index (κ1) is 14.5. The van der Waals surface area contributed by atoms with Crippen molar-refractivity contribution in [1.29, 1.82) is 0 Å². The van der Waals surface area contributed by atoms with Crippen LogP contribution >= 0.6 is 0 Å². The molecule has 0 radical (unpaired) electrons. The molecule has 7 heteroatoms. The van der Waals surface area contributed by atoms with Gasteiger partial charge < -0.3 is 15.7 Å². The largest absolute Gasteiger partial charge is 0.480 e. The van der Waals surface area contributed by atoms with E-state index >= 15 is 0 Å². The third-order valence-corrected chi connectivity index (χ3v) is 4.35. The van der Waals surface area contributed by atoms with Crippen LogP contribution in [-0.4, -0.2) is 28.4 Å². The fourth-order valence-corrected chi connectivity index (χ4v) is 2.92. The first-order valence-electron chi connectivity index (χ1n) is 7.06. The van der Waals surface area contributed by atoms with Crippen molar-refractivity contribution < 1.29 is 23.9 Å². The van der Waals surface area contributed by atoms with Crippen molar-refractivity contribution >= 4 is 23.5 Å². The van der Waals surface area contributed by atoms with E-state index in [1.807, 2.05) is 0 Å². The van der Waals surface area contributed by atoms with Crippen molar-refractivity contribution in [2.45, 2.75) is 37.1 Å². The molecule has 0 aromatic heterocycles. The topological polar surface area (TPSA) is 95.5 Å². The number of rotatable bonds is 3. The predicted octanol–water partition coefficient (Wildman–Crippen LogP) is 1.37. The summed E-state index contributed by atoms with van der Waals surface area (Å²) >= 11 is 0. The number of anilines is 1. The maximum Gasteiger partial charge on any atom is 0.329 e. The van der Waals surface area contributed by atoms with E-state index in [0.29, 0.717) is 18.4 Å². The molecule has 3 rings (SSSR count). The molecule has 6 nitrogen and oxygen atoms in total. The Morgan fingerprint density at radius 2 is 2.09 bits per heavy atom. The van der Waals surface area contributed by atoms with Gasteiger partial charge in [0, 0.05) is 12.1 Å². The Labute approximate surface area is 125 Å². The number of carbonyl (C=O) groups is 3. The van der Waals surface area contributed by atoms with Gasteiger partial charge in [0.05, 0.1) is 5.92 Å². The van der Waals surface area contributed by atoms with Crippen molar-refractivity contribution in [2.75, 3.05) is 5.32 Å². The number of carbonyl (C=O) groups excluding carboxylic acids is 2. The third kappa shape index (κ3) is 2.32. The van der Waals surface area contributed by atoms with Gasteiger partial charge in [0.1, 0.15) is 11.4 Å². The zero-order valence-corrected chi connectivity index (χ0v) is 11.7. The molecule has 22 heavy (non-hydrogen) atoms. The van der Waals surface area contributed by atoms with Gasteiger partial charge in [-0.3, -0.25) is 9.59 Å². The average Bonchev–Trinajstić information content (AvgIpc) is 2.40. The minimum absolute atomic E-state index is 0.0832. The molecule has 0 saturated heterocycles. The molecular weight excluding hydrogens is 291 g/mol. The van der Waals surface area contributed by atoms with Crippen LogP contribution < -0.4 is 10.6 Å². The van der Waals surface area contributed by atoms with Gasteiger partial charge >= 0.3 is 5.97 Å². The molecule has 0 unspecified atom stereocenters. The van der Waals surface area contributed by atoms with Crippen LogP contribution in [0, 0.1) is 5.82 Å². The molecule has 1 heterocycles. The van der Waals surface area contributed by atoms with Crippen LogP contribution in [-0.2, 0) is 14.4 Å². The fourth-order valence-electron chi connectivity index (χ4n) is 2.92. The summed E-state index contributed by atoms with van der Waals surface area (Å²) in [4.78, 5) is 35.5. The summed E-state index contributed by atoms with van der Waals surface area (Å²) in [7, 11) is 0. The number of hydrogen-bond donors (Lipinski definition) is 3. The molecular formula is C15H15FN2O4. The Morgan fingerprint density at radius 1 is 1.36 bits per heavy atom. The molecule has 1 saturated carbocycles. The van der Waals surface area contributed by atoms with Crippen LogP contribution in [0.3, 0.4) is 0 Å². The molecule has 1 aliphatic heterocycles. The molecule has 3 N–H and O–H groups in total. The van der Waals surface area contributed by atoms with Gasteiger partial charge in [-0.2, -0.15) is 0 Å². The summed E-state index contributed by atoms with van der Waals surface area (Å²) in [5.41, 5.74) is -0.474. The number of benzene rings is 1. The summed E-state index contributed by atoms with van der Waals surface area (Å²) < 4.78 is 13.3. The average molecular weight is 306 g/mol. The predicted molar refractivity (Wildman–Crippen MR) is 74.7 cm³/mol. The normalized spacial score (nSPS) is 22.0. The number of nitrogens with one attached hydrogen (secondary N) is 2. The maximum atomic E-state index is 13.3. The van der Waals surface area contributed by atoms with Crippen LogP contribution in [0.2, 0.25) is 0 Å². The first-order chi connectivity index (χ1) is 10.4. The number of carboxylic acid groups (broad SMARTS) is 1. The van der Waals surface area contributed by atoms with E-state index in [1.54, 1.807) is 0 Å². The Hall–Kier alpha value is -2.44. The Bertz CT molecular complexity index is 670. The van der Waals surface area contributed by atoms with Crippen molar-refractivity contribution in [3.63, 3.8) is 0 Å². The number of aliphatic carboxylic acids is 1. The molecule has 1 aromatic rings. The zero-order valence-electron chi connectivity index (χ0n) is 11.7. The summed E-state index contributed by atoms with van der Waals surface area (Å²) in [6.45, 7) is 0. The fraction of sp³-hybridized carbons (Fsp3) is 0.400. The first-order valence-corrected chi connectivity index (χ1v) is 7.06. The van der Waals surface area contributed by atoms with E-state index in [1.165, 1.54) is 12.1 Å². The summed E-state index contributed by atoms with van der Waals surface area (Å²) in [6.07, 6.45) is 1.41. The van der Waals surface area contributed by atoms with Crippen molar-refractivity contribution in [2.24, 2.45) is 0 Å². The van der Waals surface area contributed by atoms with E-state index in [4.69, 9.17) is 0 Å². The zero-order chi connectivity index (χ0) is 15.9. The Balaban J connectivity index is 1.87. The second-order valence-electron chi connectivity index (χ2n) is 5.77. The second-order valence-corrected chi connectivity index (χ2v) is 5.77. The summed E-state index contributed by atoms with van der Waals surface area (Å²) in [5.74, 6) is -3.28. The smallest absolute Gasteiger partial charge is 0.329 e. The molecule has 1 aliphatic carbocycles. The third-order valence-electron chi connectivity index (χ3n) is 4.35. The molecule has 2 aliphatic rings. The SMILES string of the molecule is O=C1C[C@@H](C(=O)NC2(C(=O)O)CCC2)c2ccc(F)cc2N1. The van der Waals surface area contributed by atoms with Crippen LogP contribution in [0.15, 0.2) is 18.2 Å². The monoisotopic (exact) mass is 306 g/mol. The molecule has 1 atom stereocenters. The van der Waals surface area contributed by atoms with Crippen LogP contribution in [0.4, 0.5) is 10.1 Å². The van der Waals surface area contributed by atoms with Gasteiger partial charge in [-0.25, -0.2) is 9.18 Å². The van der Waals surface area contributed by atoms with Crippen molar-refractivity contribution in [1.82, 2.24) is 5.32 Å². The van der Waals surface area contributed by atoms with Gasteiger partial charge in [0.2, 0.25) is 11.8 Å². The van der Waals surface area contributed by atoms with E-state index in [2.05, 4.69) is 10.6 Å². The second kappa shape index (κ2) is 5.08. The molecule has 1 fully saturated rings. The molecule has 2 amide bonds. The van der Waals surface area contributed by atoms with Gasteiger partial charge in [-0.1, -0.05) is 6.07 Å². The number of hydrogen-bond acceptors (Lipinski definition) is 3. The summed E-state index contributed by atoms with van der Waals surface area (Å²) in [6, 6.07) is 3.82. The number of fused-ring (bicyclic) bond motifs is 1. The van der Waals surface area contributed by atoms with Crippen LogP contribution in [0.1, 0.15) is 37.2 Å². The summed E-state index contributed by atoms with van der Waals surface area (Å²) in [5, 5.41) is 14.4. The lowest BCUT2D eigenvalue weighted by Gasteiger charge is -2.39. The molecule has 0 bridgehead atoms. The number of halogens is 1. The highest BCUT2D eigenvalue weighted by Crippen LogP contribution is 2.36. The van der Waals surface area contributed by atoms with Gasteiger partial charge in [-0.05, 0) is 37.0 Å². The quantitative estimate of drug-likeness (QED) is 0.786. The lowest BCUT2D eigenvalue weighted by atomic mass is 9.76. The minimum atomic E-state index is -1.23. The standard InChI is InChI=1S/C15H15FN2O4/c16-8-2-3-9-10(7-12(19)17-11(9)6-8)13(20)18-15(14(21)22)4-1-5-15/h2-3,6,10H,1,4-5,7H2,(H,17,19)(H,18,20)(H,21,22)/t10-/m1/s1. The van der Waals surface area contributed by atoms with E-state index < -0.39 is 35.1 Å². The Kier molecular flexibility index (Phi) is 3.35. The van der Waals surface area contributed by atoms with Crippen molar-refractivity contribution in [3.05, 3.63) is 29.6 Å². The lowest BCUT2D eigenvalue weighted by Crippen LogP contribution is -2.60. The van der Waals surface area contributed by atoms with Crippen LogP contribution in [0.5, 0.6) is 0 Å². The lowest BCUT2D eigenvalue weighted by molar-refractivity contribution is -0.152. The maximum absolute atomic E-state index is 13.3. The Morgan fingerprint density at radius 3 is 2.68 bits per heavy atom. The highest BCUT2D eigenvalue weighted by molar-refractivity contribution is 6.02. The molecule has 116 valence electrons. The van der Waals surface area contributed by atoms with E-state index in [9.17, 15) is 23.9 Å². The van der Waals surface area contributed by atoms with Crippen molar-refractivity contribution in [3.8, 4) is 0 Å². The highest BCUT2D eigenvalue weighted by Gasteiger charge is 2.47. The number of amides is 2. The van der Waals surface area contributed by atoms with Gasteiger partial charge in [0.25, 0.3) is 0 Å².